The molecule has 0 N–H and O–H groups in total. The predicted molar refractivity (Wildman–Crippen MR) is 113 cm³/mol. The largest absolute Gasteiger partial charge is 0.502 e. The molecule has 164 valence electrons. The summed E-state index contributed by atoms with van der Waals surface area (Å²) in [6.07, 6.45) is 13.7. The van der Waals surface area contributed by atoms with Crippen molar-refractivity contribution in [3.05, 3.63) is 0 Å². The van der Waals surface area contributed by atoms with Crippen LogP contribution in [-0.4, -0.2) is 19.8 Å². The van der Waals surface area contributed by atoms with Crippen LogP contribution in [0, 0.1) is 5.41 Å². The fourth-order valence-electron chi connectivity index (χ4n) is 2.47. The van der Waals surface area contributed by atoms with E-state index in [9.17, 15) is 4.57 Å². The van der Waals surface area contributed by atoms with E-state index in [1.165, 1.54) is 51.4 Å². The van der Waals surface area contributed by atoms with Crippen LogP contribution in [0.25, 0.3) is 0 Å². The lowest BCUT2D eigenvalue weighted by Gasteiger charge is -2.20. The number of rotatable bonds is 19. The van der Waals surface area contributed by atoms with Gasteiger partial charge in [-0.15, -0.1) is 4.67 Å². The maximum absolute atomic E-state index is 12.8. The second-order valence-electron chi connectivity index (χ2n) is 8.55. The number of unbranched alkanes of at least 4 members (excludes halogenated alkanes) is 10. The molecule has 0 bridgehead atoms. The highest BCUT2D eigenvalue weighted by Gasteiger charge is 2.29. The topological polar surface area (TPSA) is 54.0 Å². The molecule has 0 heterocycles. The number of phosphoric acid groups is 1. The average Bonchev–Trinajstić information content (AvgIpc) is 2.59. The lowest BCUT2D eigenvalue weighted by atomic mass is 9.99. The third-order valence-electron chi connectivity index (χ3n) is 4.13. The number of phosphoric ester groups is 1. The molecule has 0 saturated carbocycles. The Morgan fingerprint density at radius 3 is 1.48 bits per heavy atom. The zero-order chi connectivity index (χ0) is 20.4. The van der Waals surface area contributed by atoms with Crippen molar-refractivity contribution < 1.29 is 23.2 Å². The molecule has 0 aliphatic heterocycles. The van der Waals surface area contributed by atoms with Crippen LogP contribution in [0.15, 0.2) is 0 Å². The van der Waals surface area contributed by atoms with Gasteiger partial charge in [-0.2, -0.15) is 0 Å². The van der Waals surface area contributed by atoms with Crippen LogP contribution >= 0.6 is 7.82 Å². The molecule has 0 rings (SSSR count). The second kappa shape index (κ2) is 17.0. The molecule has 0 aromatic carbocycles. The van der Waals surface area contributed by atoms with Gasteiger partial charge in [0.05, 0.1) is 19.8 Å². The SMILES string of the molecule is CCCCCCCCOP(=O)(OCCCCCCCC)OOCC(C)(C)C. The first-order valence-electron chi connectivity index (χ1n) is 11.0. The van der Waals surface area contributed by atoms with Crippen molar-refractivity contribution >= 4 is 7.82 Å². The van der Waals surface area contributed by atoms with E-state index in [2.05, 4.69) is 13.8 Å². The second-order valence-corrected chi connectivity index (χ2v) is 10.1. The highest BCUT2D eigenvalue weighted by atomic mass is 31.2. The standard InChI is InChI=1S/C21H45O5P/c1-6-8-10-12-14-16-18-24-27(22,26-23-20-21(3,4)5)25-19-17-15-13-11-9-7-2/h6-20H2,1-5H3. The summed E-state index contributed by atoms with van der Waals surface area (Å²) >= 11 is 0. The van der Waals surface area contributed by atoms with E-state index in [0.717, 1.165) is 25.7 Å². The van der Waals surface area contributed by atoms with Crippen LogP contribution in [0.5, 0.6) is 0 Å². The number of hydrogen-bond donors (Lipinski definition) is 0. The summed E-state index contributed by atoms with van der Waals surface area (Å²) in [6.45, 7) is 11.6. The van der Waals surface area contributed by atoms with Crippen molar-refractivity contribution in [2.45, 2.75) is 112 Å². The minimum Gasteiger partial charge on any atom is -0.285 e. The van der Waals surface area contributed by atoms with E-state index < -0.39 is 7.82 Å². The normalized spacial score (nSPS) is 12.6. The van der Waals surface area contributed by atoms with Gasteiger partial charge in [-0.25, -0.2) is 9.45 Å². The summed E-state index contributed by atoms with van der Waals surface area (Å²) in [5.41, 5.74) is -0.0800. The first-order valence-corrected chi connectivity index (χ1v) is 12.5. The Bertz CT molecular complexity index is 346. The van der Waals surface area contributed by atoms with E-state index in [1.807, 2.05) is 20.8 Å². The smallest absolute Gasteiger partial charge is 0.285 e. The van der Waals surface area contributed by atoms with Crippen molar-refractivity contribution in [1.29, 1.82) is 0 Å². The van der Waals surface area contributed by atoms with E-state index in [-0.39, 0.29) is 5.41 Å². The number of hydrogen-bond acceptors (Lipinski definition) is 5. The van der Waals surface area contributed by atoms with Crippen molar-refractivity contribution in [2.75, 3.05) is 19.8 Å². The Hall–Kier alpha value is 0.0700. The predicted octanol–water partition coefficient (Wildman–Crippen LogP) is 7.84. The summed E-state index contributed by atoms with van der Waals surface area (Å²) in [7, 11) is -3.65. The molecular formula is C21H45O5P. The molecule has 0 aliphatic rings. The Kier molecular flexibility index (Phi) is 17.0. The zero-order valence-corrected chi connectivity index (χ0v) is 19.5. The first kappa shape index (κ1) is 27.1. The molecule has 5 nitrogen and oxygen atoms in total. The lowest BCUT2D eigenvalue weighted by Crippen LogP contribution is -2.15. The molecule has 0 amide bonds. The van der Waals surface area contributed by atoms with Crippen molar-refractivity contribution in [3.63, 3.8) is 0 Å². The summed E-state index contributed by atoms with van der Waals surface area (Å²) in [4.78, 5) is 5.17. The third-order valence-corrected chi connectivity index (χ3v) is 5.42. The van der Waals surface area contributed by atoms with Gasteiger partial charge >= 0.3 is 7.82 Å². The van der Waals surface area contributed by atoms with Crippen LogP contribution in [0.4, 0.5) is 0 Å². The molecule has 0 radical (unpaired) electrons. The highest BCUT2D eigenvalue weighted by molar-refractivity contribution is 7.48. The molecule has 0 aromatic heterocycles. The van der Waals surface area contributed by atoms with Gasteiger partial charge in [-0.3, -0.25) is 9.05 Å². The van der Waals surface area contributed by atoms with Gasteiger partial charge in [-0.05, 0) is 18.3 Å². The van der Waals surface area contributed by atoms with E-state index in [1.54, 1.807) is 0 Å². The van der Waals surface area contributed by atoms with Gasteiger partial charge in [0.25, 0.3) is 0 Å². The van der Waals surface area contributed by atoms with Crippen molar-refractivity contribution in [1.82, 2.24) is 0 Å². The summed E-state index contributed by atoms with van der Waals surface area (Å²) in [5.74, 6) is 0. The van der Waals surface area contributed by atoms with Crippen LogP contribution in [0.3, 0.4) is 0 Å². The monoisotopic (exact) mass is 408 g/mol. The van der Waals surface area contributed by atoms with E-state index in [0.29, 0.717) is 19.8 Å². The van der Waals surface area contributed by atoms with Crippen molar-refractivity contribution in [3.8, 4) is 0 Å². The molecule has 0 unspecified atom stereocenters. The van der Waals surface area contributed by atoms with Crippen LogP contribution in [-0.2, 0) is 23.2 Å². The Morgan fingerprint density at radius 2 is 1.07 bits per heavy atom. The summed E-state index contributed by atoms with van der Waals surface area (Å²) in [6, 6.07) is 0. The molecule has 0 spiro atoms. The maximum Gasteiger partial charge on any atom is 0.502 e. The van der Waals surface area contributed by atoms with Crippen molar-refractivity contribution in [2.24, 2.45) is 5.41 Å². The van der Waals surface area contributed by atoms with Gasteiger partial charge < -0.3 is 0 Å². The van der Waals surface area contributed by atoms with Gasteiger partial charge in [0.1, 0.15) is 0 Å². The zero-order valence-electron chi connectivity index (χ0n) is 18.6. The average molecular weight is 409 g/mol. The van der Waals surface area contributed by atoms with Crippen LogP contribution in [0.1, 0.15) is 112 Å². The van der Waals surface area contributed by atoms with Crippen LogP contribution < -0.4 is 0 Å². The Morgan fingerprint density at radius 1 is 0.667 bits per heavy atom. The molecule has 0 aromatic rings. The Balaban J connectivity index is 4.14. The van der Waals surface area contributed by atoms with E-state index >= 15 is 0 Å². The van der Waals surface area contributed by atoms with Gasteiger partial charge in [0, 0.05) is 0 Å². The lowest BCUT2D eigenvalue weighted by molar-refractivity contribution is -0.242. The fraction of sp³-hybridized carbons (Fsp3) is 1.00. The van der Waals surface area contributed by atoms with Gasteiger partial charge in [-0.1, -0.05) is 98.8 Å². The summed E-state index contributed by atoms with van der Waals surface area (Å²) in [5, 5.41) is 0. The molecule has 0 aliphatic carbocycles. The maximum atomic E-state index is 12.8. The molecule has 27 heavy (non-hydrogen) atoms. The highest BCUT2D eigenvalue weighted by Crippen LogP contribution is 2.50. The molecular weight excluding hydrogens is 363 g/mol. The molecule has 0 fully saturated rings. The first-order chi connectivity index (χ1) is 12.8. The third kappa shape index (κ3) is 19.2. The van der Waals surface area contributed by atoms with Gasteiger partial charge in [0.15, 0.2) is 0 Å². The fourth-order valence-corrected chi connectivity index (χ4v) is 3.51. The molecule has 0 saturated heterocycles. The van der Waals surface area contributed by atoms with Crippen LogP contribution in [0.2, 0.25) is 0 Å². The molecule has 0 atom stereocenters. The van der Waals surface area contributed by atoms with Gasteiger partial charge in [0.2, 0.25) is 0 Å². The van der Waals surface area contributed by atoms with E-state index in [4.69, 9.17) is 18.6 Å². The Labute approximate surface area is 168 Å². The summed E-state index contributed by atoms with van der Waals surface area (Å²) < 4.78 is 28.8. The minimum absolute atomic E-state index is 0.0800. The molecule has 6 heteroatoms. The quantitative estimate of drug-likeness (QED) is 0.0942. The minimum atomic E-state index is -3.65.